The number of hydrogen-bond acceptors (Lipinski definition) is 5. The van der Waals surface area contributed by atoms with Crippen LogP contribution in [0.15, 0.2) is 66.7 Å². The van der Waals surface area contributed by atoms with Gasteiger partial charge in [-0.25, -0.2) is 4.79 Å². The SMILES string of the molecule is CCOc1ccc(NC(=O)N[C@H](Cc2ccc(OC)cc2)Cc2ccc3c(c2)OCO3)cc1. The topological polar surface area (TPSA) is 78.1 Å². The highest BCUT2D eigenvalue weighted by Gasteiger charge is 2.18. The molecule has 0 radical (unpaired) electrons. The highest BCUT2D eigenvalue weighted by Crippen LogP contribution is 2.33. The molecule has 3 aromatic carbocycles. The van der Waals surface area contributed by atoms with Crippen LogP contribution in [0.3, 0.4) is 0 Å². The maximum atomic E-state index is 12.8. The molecule has 2 N–H and O–H groups in total. The molecule has 0 fully saturated rings. The summed E-state index contributed by atoms with van der Waals surface area (Å²) < 4.78 is 21.6. The zero-order chi connectivity index (χ0) is 23.0. The number of nitrogens with one attached hydrogen (secondary N) is 2. The zero-order valence-electron chi connectivity index (χ0n) is 18.8. The van der Waals surface area contributed by atoms with Gasteiger partial charge in [-0.15, -0.1) is 0 Å². The van der Waals surface area contributed by atoms with Crippen molar-refractivity contribution in [1.82, 2.24) is 5.32 Å². The van der Waals surface area contributed by atoms with Crippen LogP contribution in [0, 0.1) is 0 Å². The van der Waals surface area contributed by atoms with E-state index in [9.17, 15) is 4.79 Å². The summed E-state index contributed by atoms with van der Waals surface area (Å²) in [4.78, 5) is 12.8. The molecule has 7 heteroatoms. The zero-order valence-corrected chi connectivity index (χ0v) is 18.8. The highest BCUT2D eigenvalue weighted by atomic mass is 16.7. The van der Waals surface area contributed by atoms with E-state index in [2.05, 4.69) is 10.6 Å². The Balaban J connectivity index is 1.45. The number of carbonyl (C=O) groups is 1. The Kier molecular flexibility index (Phi) is 7.19. The number of methoxy groups -OCH3 is 1. The highest BCUT2D eigenvalue weighted by molar-refractivity contribution is 5.89. The lowest BCUT2D eigenvalue weighted by molar-refractivity contribution is 0.174. The van der Waals surface area contributed by atoms with Gasteiger partial charge in [-0.2, -0.15) is 0 Å². The summed E-state index contributed by atoms with van der Waals surface area (Å²) in [5.74, 6) is 3.04. The van der Waals surface area contributed by atoms with E-state index in [-0.39, 0.29) is 18.9 Å². The summed E-state index contributed by atoms with van der Waals surface area (Å²) in [5, 5.41) is 6.02. The number of benzene rings is 3. The average Bonchev–Trinajstić information content (AvgIpc) is 3.29. The molecule has 0 aliphatic carbocycles. The summed E-state index contributed by atoms with van der Waals surface area (Å²) in [7, 11) is 1.64. The van der Waals surface area contributed by atoms with Crippen LogP contribution in [0.4, 0.5) is 10.5 Å². The van der Waals surface area contributed by atoms with E-state index in [0.29, 0.717) is 25.1 Å². The van der Waals surface area contributed by atoms with Crippen LogP contribution in [0.5, 0.6) is 23.0 Å². The summed E-state index contributed by atoms with van der Waals surface area (Å²) >= 11 is 0. The minimum atomic E-state index is -0.265. The van der Waals surface area contributed by atoms with Crippen molar-refractivity contribution in [3.8, 4) is 23.0 Å². The van der Waals surface area contributed by atoms with Gasteiger partial charge in [-0.1, -0.05) is 18.2 Å². The first kappa shape index (κ1) is 22.3. The van der Waals surface area contributed by atoms with Crippen molar-refractivity contribution in [3.63, 3.8) is 0 Å². The molecule has 0 bridgehead atoms. The van der Waals surface area contributed by atoms with Gasteiger partial charge in [0.1, 0.15) is 11.5 Å². The van der Waals surface area contributed by atoms with Crippen LogP contribution in [-0.2, 0) is 12.8 Å². The van der Waals surface area contributed by atoms with Gasteiger partial charge in [0.2, 0.25) is 6.79 Å². The molecule has 1 aliphatic heterocycles. The monoisotopic (exact) mass is 448 g/mol. The van der Waals surface area contributed by atoms with Crippen LogP contribution < -0.4 is 29.6 Å². The number of ether oxygens (including phenoxy) is 4. The number of fused-ring (bicyclic) bond motifs is 1. The predicted molar refractivity (Wildman–Crippen MR) is 127 cm³/mol. The molecule has 172 valence electrons. The molecule has 33 heavy (non-hydrogen) atoms. The molecule has 2 amide bonds. The van der Waals surface area contributed by atoms with Crippen LogP contribution >= 0.6 is 0 Å². The molecule has 0 saturated carbocycles. The van der Waals surface area contributed by atoms with Crippen LogP contribution in [0.25, 0.3) is 0 Å². The first-order chi connectivity index (χ1) is 16.1. The number of rotatable bonds is 9. The molecule has 1 heterocycles. The van der Waals surface area contributed by atoms with Crippen LogP contribution in [-0.4, -0.2) is 32.6 Å². The van der Waals surface area contributed by atoms with Gasteiger partial charge in [-0.3, -0.25) is 0 Å². The molecule has 3 aromatic rings. The maximum absolute atomic E-state index is 12.8. The first-order valence-electron chi connectivity index (χ1n) is 10.9. The lowest BCUT2D eigenvalue weighted by Crippen LogP contribution is -2.40. The lowest BCUT2D eigenvalue weighted by atomic mass is 9.98. The second-order valence-electron chi connectivity index (χ2n) is 7.70. The Labute approximate surface area is 193 Å². The van der Waals surface area contributed by atoms with Crippen molar-refractivity contribution in [3.05, 3.63) is 77.9 Å². The van der Waals surface area contributed by atoms with Gasteiger partial charge in [0.15, 0.2) is 11.5 Å². The third kappa shape index (κ3) is 6.10. The quantitative estimate of drug-likeness (QED) is 0.492. The molecular weight excluding hydrogens is 420 g/mol. The van der Waals surface area contributed by atoms with E-state index in [1.807, 2.05) is 73.7 Å². The predicted octanol–water partition coefficient (Wildman–Crippen LogP) is 4.80. The number of hydrogen-bond donors (Lipinski definition) is 2. The minimum absolute atomic E-state index is 0.138. The van der Waals surface area contributed by atoms with Crippen molar-refractivity contribution in [2.24, 2.45) is 0 Å². The van der Waals surface area contributed by atoms with Gasteiger partial charge in [0.05, 0.1) is 13.7 Å². The van der Waals surface area contributed by atoms with Crippen LogP contribution in [0.2, 0.25) is 0 Å². The lowest BCUT2D eigenvalue weighted by Gasteiger charge is -2.20. The summed E-state index contributed by atoms with van der Waals surface area (Å²) in [5.41, 5.74) is 2.85. The fourth-order valence-electron chi connectivity index (χ4n) is 3.73. The molecule has 4 rings (SSSR count). The summed E-state index contributed by atoms with van der Waals surface area (Å²) in [6.45, 7) is 2.76. The number of anilines is 1. The molecule has 0 aromatic heterocycles. The number of carbonyl (C=O) groups excluding carboxylic acids is 1. The van der Waals surface area contributed by atoms with E-state index < -0.39 is 0 Å². The second-order valence-corrected chi connectivity index (χ2v) is 7.70. The van der Waals surface area contributed by atoms with E-state index in [0.717, 1.165) is 34.1 Å². The summed E-state index contributed by atoms with van der Waals surface area (Å²) in [6, 6.07) is 20.6. The van der Waals surface area contributed by atoms with Crippen molar-refractivity contribution >= 4 is 11.7 Å². The molecule has 0 unspecified atom stereocenters. The fraction of sp³-hybridized carbons (Fsp3) is 0.269. The third-order valence-corrected chi connectivity index (χ3v) is 5.32. The van der Waals surface area contributed by atoms with E-state index in [1.165, 1.54) is 0 Å². The fourth-order valence-corrected chi connectivity index (χ4v) is 3.73. The van der Waals surface area contributed by atoms with Gasteiger partial charge in [0, 0.05) is 11.7 Å². The molecule has 7 nitrogen and oxygen atoms in total. The standard InChI is InChI=1S/C26H28N2O5/c1-3-31-23-11-7-20(8-12-23)27-26(29)28-21(14-18-4-9-22(30-2)10-5-18)15-19-6-13-24-25(16-19)33-17-32-24/h4-13,16,21H,3,14-15,17H2,1-2H3,(H2,27,28,29)/t21-/m1/s1. The smallest absolute Gasteiger partial charge is 0.319 e. The largest absolute Gasteiger partial charge is 0.497 e. The van der Waals surface area contributed by atoms with E-state index >= 15 is 0 Å². The van der Waals surface area contributed by atoms with Crippen molar-refractivity contribution < 1.29 is 23.7 Å². The van der Waals surface area contributed by atoms with Gasteiger partial charge in [-0.05, 0) is 79.4 Å². The van der Waals surface area contributed by atoms with Gasteiger partial charge < -0.3 is 29.6 Å². The van der Waals surface area contributed by atoms with Gasteiger partial charge in [0.25, 0.3) is 0 Å². The average molecular weight is 449 g/mol. The number of urea groups is 1. The normalized spacial score (nSPS) is 12.7. The Morgan fingerprint density at radius 2 is 1.58 bits per heavy atom. The van der Waals surface area contributed by atoms with E-state index in [1.54, 1.807) is 7.11 Å². The first-order valence-corrected chi connectivity index (χ1v) is 10.9. The molecular formula is C26H28N2O5. The molecule has 1 atom stereocenters. The van der Waals surface area contributed by atoms with E-state index in [4.69, 9.17) is 18.9 Å². The minimum Gasteiger partial charge on any atom is -0.497 e. The Hall–Kier alpha value is -3.87. The Bertz CT molecular complexity index is 1070. The molecule has 0 saturated heterocycles. The third-order valence-electron chi connectivity index (χ3n) is 5.32. The Morgan fingerprint density at radius 1 is 0.909 bits per heavy atom. The maximum Gasteiger partial charge on any atom is 0.319 e. The molecule has 1 aliphatic rings. The van der Waals surface area contributed by atoms with Crippen LogP contribution in [0.1, 0.15) is 18.1 Å². The Morgan fingerprint density at radius 3 is 2.30 bits per heavy atom. The molecule has 0 spiro atoms. The number of amides is 2. The second kappa shape index (κ2) is 10.6. The van der Waals surface area contributed by atoms with Gasteiger partial charge >= 0.3 is 6.03 Å². The van der Waals surface area contributed by atoms with Crippen molar-refractivity contribution in [2.75, 3.05) is 25.8 Å². The summed E-state index contributed by atoms with van der Waals surface area (Å²) in [6.07, 6.45) is 1.30. The van der Waals surface area contributed by atoms with Crippen molar-refractivity contribution in [2.45, 2.75) is 25.8 Å². The van der Waals surface area contributed by atoms with Crippen molar-refractivity contribution in [1.29, 1.82) is 0 Å².